The number of halogens is 3. The van der Waals surface area contributed by atoms with Crippen LogP contribution in [0.1, 0.15) is 16.7 Å². The highest BCUT2D eigenvalue weighted by atomic mass is 19.4. The van der Waals surface area contributed by atoms with Crippen molar-refractivity contribution in [3.8, 4) is 0 Å². The summed E-state index contributed by atoms with van der Waals surface area (Å²) >= 11 is 0. The van der Waals surface area contributed by atoms with Crippen LogP contribution in [0, 0.1) is 0 Å². The number of nitrogen functional groups attached to an aromatic ring is 1. The molecule has 0 aliphatic heterocycles. The highest BCUT2D eigenvalue weighted by molar-refractivity contribution is 5.46. The van der Waals surface area contributed by atoms with Crippen LogP contribution < -0.4 is 5.73 Å². The first-order chi connectivity index (χ1) is 9.97. The average Bonchev–Trinajstić information content (AvgIpc) is 2.45. The quantitative estimate of drug-likeness (QED) is 0.667. The van der Waals surface area contributed by atoms with Crippen LogP contribution in [0.4, 0.5) is 18.9 Å². The van der Waals surface area contributed by atoms with Gasteiger partial charge in [0.1, 0.15) is 0 Å². The molecule has 0 aliphatic carbocycles. The van der Waals surface area contributed by atoms with Gasteiger partial charge in [-0.15, -0.1) is 0 Å². The molecule has 0 spiro atoms. The van der Waals surface area contributed by atoms with E-state index in [0.29, 0.717) is 24.3 Å². The Balaban J connectivity index is 1.85. The zero-order valence-electron chi connectivity index (χ0n) is 11.4. The van der Waals surface area contributed by atoms with Gasteiger partial charge in [-0.3, -0.25) is 0 Å². The second-order valence-electron chi connectivity index (χ2n) is 4.70. The number of hydrogen-bond acceptors (Lipinski definition) is 2. The van der Waals surface area contributed by atoms with Crippen LogP contribution in [-0.4, -0.2) is 6.61 Å². The van der Waals surface area contributed by atoms with Gasteiger partial charge in [0.05, 0.1) is 18.8 Å². The van der Waals surface area contributed by atoms with E-state index >= 15 is 0 Å². The molecule has 0 radical (unpaired) electrons. The Morgan fingerprint density at radius 3 is 2.48 bits per heavy atom. The van der Waals surface area contributed by atoms with Crippen LogP contribution >= 0.6 is 0 Å². The standard InChI is InChI=1S/C16H16F3NO/c17-16(18,19)14-6-3-4-12(10-14)11-21-9-8-13-5-1-2-7-15(13)20/h1-7,10H,8-9,11,20H2. The molecule has 2 aromatic carbocycles. The molecule has 0 saturated heterocycles. The molecule has 5 heteroatoms. The van der Waals surface area contributed by atoms with Gasteiger partial charge in [0, 0.05) is 5.69 Å². The number of rotatable bonds is 5. The van der Waals surface area contributed by atoms with E-state index in [9.17, 15) is 13.2 Å². The SMILES string of the molecule is Nc1ccccc1CCOCc1cccc(C(F)(F)F)c1. The summed E-state index contributed by atoms with van der Waals surface area (Å²) in [6.45, 7) is 0.557. The van der Waals surface area contributed by atoms with Crippen molar-refractivity contribution in [1.82, 2.24) is 0 Å². The van der Waals surface area contributed by atoms with Crippen molar-refractivity contribution >= 4 is 5.69 Å². The first kappa shape index (κ1) is 15.4. The highest BCUT2D eigenvalue weighted by Crippen LogP contribution is 2.29. The summed E-state index contributed by atoms with van der Waals surface area (Å²) in [7, 11) is 0. The molecule has 0 saturated carbocycles. The van der Waals surface area contributed by atoms with Gasteiger partial charge in [0.15, 0.2) is 0 Å². The van der Waals surface area contributed by atoms with Crippen LogP contribution in [0.15, 0.2) is 48.5 Å². The molecule has 2 rings (SSSR count). The molecular formula is C16H16F3NO. The minimum atomic E-state index is -4.32. The minimum Gasteiger partial charge on any atom is -0.399 e. The minimum absolute atomic E-state index is 0.149. The molecule has 0 amide bonds. The van der Waals surface area contributed by atoms with Crippen molar-refractivity contribution in [2.45, 2.75) is 19.2 Å². The summed E-state index contributed by atoms with van der Waals surface area (Å²) in [6, 6.07) is 12.6. The Bertz CT molecular complexity index is 596. The summed E-state index contributed by atoms with van der Waals surface area (Å²) in [6.07, 6.45) is -3.69. The fraction of sp³-hybridized carbons (Fsp3) is 0.250. The lowest BCUT2D eigenvalue weighted by Gasteiger charge is -2.10. The van der Waals surface area contributed by atoms with Crippen LogP contribution in [0.25, 0.3) is 0 Å². The maximum absolute atomic E-state index is 12.6. The smallest absolute Gasteiger partial charge is 0.399 e. The van der Waals surface area contributed by atoms with Gasteiger partial charge in [-0.2, -0.15) is 13.2 Å². The van der Waals surface area contributed by atoms with Crippen molar-refractivity contribution in [1.29, 1.82) is 0 Å². The Kier molecular flexibility index (Phi) is 4.85. The van der Waals surface area contributed by atoms with E-state index in [1.807, 2.05) is 24.3 Å². The van der Waals surface area contributed by atoms with Crippen molar-refractivity contribution in [2.24, 2.45) is 0 Å². The highest BCUT2D eigenvalue weighted by Gasteiger charge is 2.30. The first-order valence-corrected chi connectivity index (χ1v) is 6.54. The molecule has 0 heterocycles. The lowest BCUT2D eigenvalue weighted by molar-refractivity contribution is -0.137. The largest absolute Gasteiger partial charge is 0.416 e. The lowest BCUT2D eigenvalue weighted by atomic mass is 10.1. The van der Waals surface area contributed by atoms with Crippen LogP contribution in [0.2, 0.25) is 0 Å². The van der Waals surface area contributed by atoms with Gasteiger partial charge in [-0.1, -0.05) is 30.3 Å². The molecule has 0 aliphatic rings. The van der Waals surface area contributed by atoms with Gasteiger partial charge >= 0.3 is 6.18 Å². The normalized spacial score (nSPS) is 11.6. The third-order valence-corrected chi connectivity index (χ3v) is 3.09. The summed E-state index contributed by atoms with van der Waals surface area (Å²) in [5, 5.41) is 0. The summed E-state index contributed by atoms with van der Waals surface area (Å²) < 4.78 is 43.1. The molecule has 0 unspecified atom stereocenters. The molecule has 112 valence electrons. The summed E-state index contributed by atoms with van der Waals surface area (Å²) in [4.78, 5) is 0. The van der Waals surface area contributed by atoms with Gasteiger partial charge < -0.3 is 10.5 Å². The van der Waals surface area contributed by atoms with Gasteiger partial charge in [0.2, 0.25) is 0 Å². The predicted octanol–water partition coefficient (Wildman–Crippen LogP) is 4.05. The summed E-state index contributed by atoms with van der Waals surface area (Å²) in [5.41, 5.74) is 7.32. The zero-order valence-corrected chi connectivity index (χ0v) is 11.4. The number of alkyl halides is 3. The number of ether oxygens (including phenoxy) is 1. The average molecular weight is 295 g/mol. The molecule has 0 fully saturated rings. The number of para-hydroxylation sites is 1. The van der Waals surface area contributed by atoms with Gasteiger partial charge in [0.25, 0.3) is 0 Å². The van der Waals surface area contributed by atoms with E-state index in [0.717, 1.165) is 17.7 Å². The monoisotopic (exact) mass is 295 g/mol. The number of hydrogen-bond donors (Lipinski definition) is 1. The van der Waals surface area contributed by atoms with E-state index in [-0.39, 0.29) is 6.61 Å². The zero-order chi connectivity index (χ0) is 15.3. The topological polar surface area (TPSA) is 35.2 Å². The molecule has 0 aromatic heterocycles. The molecule has 21 heavy (non-hydrogen) atoms. The third-order valence-electron chi connectivity index (χ3n) is 3.09. The number of benzene rings is 2. The Morgan fingerprint density at radius 2 is 1.76 bits per heavy atom. The van der Waals surface area contributed by atoms with Crippen molar-refractivity contribution < 1.29 is 17.9 Å². The van der Waals surface area contributed by atoms with E-state index in [1.54, 1.807) is 6.07 Å². The van der Waals surface area contributed by atoms with Crippen molar-refractivity contribution in [2.75, 3.05) is 12.3 Å². The molecule has 0 atom stereocenters. The Hall–Kier alpha value is -2.01. The second kappa shape index (κ2) is 6.63. The Labute approximate surface area is 121 Å². The second-order valence-corrected chi connectivity index (χ2v) is 4.70. The first-order valence-electron chi connectivity index (χ1n) is 6.54. The van der Waals surface area contributed by atoms with Gasteiger partial charge in [-0.05, 0) is 35.7 Å². The number of anilines is 1. The lowest BCUT2D eigenvalue weighted by Crippen LogP contribution is -2.06. The van der Waals surface area contributed by atoms with Crippen LogP contribution in [0.3, 0.4) is 0 Å². The fourth-order valence-corrected chi connectivity index (χ4v) is 1.97. The fourth-order valence-electron chi connectivity index (χ4n) is 1.97. The van der Waals surface area contributed by atoms with Crippen molar-refractivity contribution in [3.05, 3.63) is 65.2 Å². The maximum atomic E-state index is 12.6. The van der Waals surface area contributed by atoms with E-state index in [4.69, 9.17) is 10.5 Å². The molecular weight excluding hydrogens is 279 g/mol. The molecule has 0 bridgehead atoms. The van der Waals surface area contributed by atoms with Crippen LogP contribution in [0.5, 0.6) is 0 Å². The number of nitrogens with two attached hydrogens (primary N) is 1. The third kappa shape index (κ3) is 4.49. The van der Waals surface area contributed by atoms with Crippen LogP contribution in [-0.2, 0) is 23.9 Å². The van der Waals surface area contributed by atoms with Gasteiger partial charge in [-0.25, -0.2) is 0 Å². The molecule has 2 N–H and O–H groups in total. The van der Waals surface area contributed by atoms with E-state index < -0.39 is 11.7 Å². The van der Waals surface area contributed by atoms with Crippen molar-refractivity contribution in [3.63, 3.8) is 0 Å². The van der Waals surface area contributed by atoms with E-state index in [1.165, 1.54) is 6.07 Å². The Morgan fingerprint density at radius 1 is 1.00 bits per heavy atom. The van der Waals surface area contributed by atoms with E-state index in [2.05, 4.69) is 0 Å². The molecule has 2 aromatic rings. The predicted molar refractivity (Wildman–Crippen MR) is 75.7 cm³/mol. The molecule has 2 nitrogen and oxygen atoms in total. The summed E-state index contributed by atoms with van der Waals surface area (Å²) in [5.74, 6) is 0. The maximum Gasteiger partial charge on any atom is 0.416 e.